The van der Waals surface area contributed by atoms with Gasteiger partial charge in [-0.1, -0.05) is 20.8 Å². The van der Waals surface area contributed by atoms with Crippen LogP contribution in [0.3, 0.4) is 0 Å². The number of primary amides is 1. The van der Waals surface area contributed by atoms with Crippen LogP contribution in [0.5, 0.6) is 0 Å². The smallest absolute Gasteiger partial charge is 0.365 e. The highest BCUT2D eigenvalue weighted by atomic mass is 79.9. The van der Waals surface area contributed by atoms with Crippen molar-refractivity contribution in [2.75, 3.05) is 5.32 Å². The molecule has 6 nitrogen and oxygen atoms in total. The molecule has 2 heterocycles. The van der Waals surface area contributed by atoms with Gasteiger partial charge in [0.1, 0.15) is 11.5 Å². The van der Waals surface area contributed by atoms with E-state index < -0.39 is 30.2 Å². The zero-order valence-corrected chi connectivity index (χ0v) is 20.0. The van der Waals surface area contributed by atoms with E-state index in [2.05, 4.69) is 47.1 Å². The second-order valence-electron chi connectivity index (χ2n) is 8.83. The van der Waals surface area contributed by atoms with E-state index in [9.17, 15) is 22.8 Å². The van der Waals surface area contributed by atoms with Crippen LogP contribution in [-0.4, -0.2) is 21.6 Å². The van der Waals surface area contributed by atoms with Crippen molar-refractivity contribution in [2.45, 2.75) is 59.7 Å². The molecule has 0 fully saturated rings. The van der Waals surface area contributed by atoms with Crippen molar-refractivity contribution in [1.29, 1.82) is 0 Å². The highest BCUT2D eigenvalue weighted by Crippen LogP contribution is 2.44. The molecule has 0 saturated carbocycles. The van der Waals surface area contributed by atoms with Gasteiger partial charge in [0.25, 0.3) is 5.91 Å². The number of nitrogens with two attached hydrogens (primary N) is 1. The number of aromatic nitrogens is 2. The first-order valence-electron chi connectivity index (χ1n) is 9.74. The van der Waals surface area contributed by atoms with Crippen LogP contribution in [-0.2, 0) is 30.4 Å². The molecule has 1 atom stereocenters. The molecule has 2 aromatic rings. The number of hydrogen-bond donors (Lipinski definition) is 2. The number of halogens is 4. The standard InChI is InChI=1S/C20H24BrF3N4O2S/c1-9-15(21)16(20(22,23)24)27-28(9)8-13(29)26-18-14(17(25)30)11-6-5-10(19(2,3)4)7-12(11)31-18/h10H,5-8H2,1-4H3,(H2,25,30)(H,26,29)/t10-/m1/s1. The third-order valence-corrected chi connectivity index (χ3v) is 7.80. The molecule has 2 amide bonds. The molecular weight excluding hydrogens is 497 g/mol. The third-order valence-electron chi connectivity index (χ3n) is 5.68. The Morgan fingerprint density at radius 1 is 1.32 bits per heavy atom. The van der Waals surface area contributed by atoms with Gasteiger partial charge in [0, 0.05) is 4.88 Å². The van der Waals surface area contributed by atoms with Gasteiger partial charge in [0.15, 0.2) is 5.69 Å². The summed E-state index contributed by atoms with van der Waals surface area (Å²) in [5.41, 5.74) is 5.96. The second-order valence-corrected chi connectivity index (χ2v) is 10.7. The number of nitrogens with one attached hydrogen (secondary N) is 1. The van der Waals surface area contributed by atoms with Crippen molar-refractivity contribution >= 4 is 44.1 Å². The average Bonchev–Trinajstić information content (AvgIpc) is 3.11. The van der Waals surface area contributed by atoms with Crippen molar-refractivity contribution in [2.24, 2.45) is 17.1 Å². The first kappa shape index (κ1) is 23.8. The van der Waals surface area contributed by atoms with E-state index in [-0.39, 0.29) is 15.6 Å². The molecule has 0 aromatic carbocycles. The molecule has 31 heavy (non-hydrogen) atoms. The van der Waals surface area contributed by atoms with Crippen LogP contribution in [0.25, 0.3) is 0 Å². The number of rotatable bonds is 4. The van der Waals surface area contributed by atoms with Crippen LogP contribution in [0, 0.1) is 18.3 Å². The van der Waals surface area contributed by atoms with Gasteiger partial charge in [-0.05, 0) is 59.0 Å². The highest BCUT2D eigenvalue weighted by molar-refractivity contribution is 9.10. The number of carbonyl (C=O) groups is 2. The van der Waals surface area contributed by atoms with Crippen LogP contribution in [0.4, 0.5) is 18.2 Å². The monoisotopic (exact) mass is 520 g/mol. The Balaban J connectivity index is 1.85. The third kappa shape index (κ3) is 4.82. The molecule has 0 unspecified atom stereocenters. The van der Waals surface area contributed by atoms with Gasteiger partial charge in [0.05, 0.1) is 15.7 Å². The molecule has 1 aliphatic carbocycles. The van der Waals surface area contributed by atoms with Gasteiger partial charge in [-0.15, -0.1) is 11.3 Å². The zero-order valence-electron chi connectivity index (χ0n) is 17.6. The minimum absolute atomic E-state index is 0.110. The van der Waals surface area contributed by atoms with Gasteiger partial charge in [-0.3, -0.25) is 14.3 Å². The Labute approximate surface area is 190 Å². The van der Waals surface area contributed by atoms with Gasteiger partial charge in [0.2, 0.25) is 5.91 Å². The summed E-state index contributed by atoms with van der Waals surface area (Å²) >= 11 is 4.20. The minimum Gasteiger partial charge on any atom is -0.365 e. The van der Waals surface area contributed by atoms with Crippen LogP contribution in [0.1, 0.15) is 59.4 Å². The van der Waals surface area contributed by atoms with Crippen molar-refractivity contribution in [3.05, 3.63) is 31.9 Å². The predicted octanol–water partition coefficient (Wildman–Crippen LogP) is 4.92. The highest BCUT2D eigenvalue weighted by Gasteiger charge is 2.38. The summed E-state index contributed by atoms with van der Waals surface area (Å²) in [4.78, 5) is 25.7. The van der Waals surface area contributed by atoms with E-state index in [0.717, 1.165) is 28.0 Å². The molecule has 11 heteroatoms. The number of carbonyl (C=O) groups excluding carboxylic acids is 2. The number of hydrogen-bond acceptors (Lipinski definition) is 4. The lowest BCUT2D eigenvalue weighted by atomic mass is 9.72. The molecule has 0 aliphatic heterocycles. The van der Waals surface area contributed by atoms with Crippen molar-refractivity contribution < 1.29 is 22.8 Å². The summed E-state index contributed by atoms with van der Waals surface area (Å²) in [5, 5.41) is 6.53. The molecule has 170 valence electrons. The summed E-state index contributed by atoms with van der Waals surface area (Å²) in [6, 6.07) is 0. The number of anilines is 1. The molecule has 0 spiro atoms. The van der Waals surface area contributed by atoms with E-state index >= 15 is 0 Å². The van der Waals surface area contributed by atoms with Crippen molar-refractivity contribution in [3.63, 3.8) is 0 Å². The van der Waals surface area contributed by atoms with E-state index in [0.29, 0.717) is 22.9 Å². The number of alkyl halides is 3. The Morgan fingerprint density at radius 2 is 1.97 bits per heavy atom. The molecule has 0 saturated heterocycles. The van der Waals surface area contributed by atoms with Gasteiger partial charge < -0.3 is 11.1 Å². The van der Waals surface area contributed by atoms with Crippen LogP contribution in [0.15, 0.2) is 4.47 Å². The summed E-state index contributed by atoms with van der Waals surface area (Å²) in [6.45, 7) is 7.53. The summed E-state index contributed by atoms with van der Waals surface area (Å²) in [7, 11) is 0. The Kier molecular flexibility index (Phi) is 6.31. The largest absolute Gasteiger partial charge is 0.436 e. The molecule has 2 aromatic heterocycles. The lowest BCUT2D eigenvalue weighted by molar-refractivity contribution is -0.142. The number of nitrogens with zero attached hydrogens (tertiary/aromatic N) is 2. The lowest BCUT2D eigenvalue weighted by Crippen LogP contribution is -2.27. The molecule has 3 N–H and O–H groups in total. The summed E-state index contributed by atoms with van der Waals surface area (Å²) < 4.78 is 40.0. The van der Waals surface area contributed by atoms with Gasteiger partial charge >= 0.3 is 6.18 Å². The average molecular weight is 521 g/mol. The first-order chi connectivity index (χ1) is 14.2. The Bertz CT molecular complexity index is 1040. The SMILES string of the molecule is Cc1c(Br)c(C(F)(F)F)nn1CC(=O)Nc1sc2c(c1C(N)=O)CC[C@@H](C(C)(C)C)C2. The summed E-state index contributed by atoms with van der Waals surface area (Å²) in [6.07, 6.45) is -2.23. The maximum absolute atomic E-state index is 13.1. The predicted molar refractivity (Wildman–Crippen MR) is 116 cm³/mol. The normalized spacial score (nSPS) is 16.8. The topological polar surface area (TPSA) is 90.0 Å². The lowest BCUT2D eigenvalue weighted by Gasteiger charge is -2.33. The Hall–Kier alpha value is -1.88. The fourth-order valence-electron chi connectivity index (χ4n) is 3.84. The van der Waals surface area contributed by atoms with Crippen LogP contribution in [0.2, 0.25) is 0 Å². The van der Waals surface area contributed by atoms with Gasteiger partial charge in [-0.25, -0.2) is 0 Å². The van der Waals surface area contributed by atoms with E-state index in [1.165, 1.54) is 18.3 Å². The van der Waals surface area contributed by atoms with Crippen LogP contribution >= 0.6 is 27.3 Å². The first-order valence-corrected chi connectivity index (χ1v) is 11.3. The van der Waals surface area contributed by atoms with Crippen molar-refractivity contribution in [1.82, 2.24) is 9.78 Å². The number of fused-ring (bicyclic) bond motifs is 1. The van der Waals surface area contributed by atoms with Gasteiger partial charge in [-0.2, -0.15) is 18.3 Å². The molecule has 3 rings (SSSR count). The van der Waals surface area contributed by atoms with E-state index in [4.69, 9.17) is 5.73 Å². The van der Waals surface area contributed by atoms with Crippen molar-refractivity contribution in [3.8, 4) is 0 Å². The van der Waals surface area contributed by atoms with E-state index in [1.54, 1.807) is 0 Å². The fourth-order valence-corrected chi connectivity index (χ4v) is 5.69. The molecular formula is C20H24BrF3N4O2S. The Morgan fingerprint density at radius 3 is 2.48 bits per heavy atom. The zero-order chi connectivity index (χ0) is 23.3. The molecule has 1 aliphatic rings. The molecule has 0 bridgehead atoms. The second kappa shape index (κ2) is 8.23. The summed E-state index contributed by atoms with van der Waals surface area (Å²) in [5.74, 6) is -0.771. The number of thiophene rings is 1. The van der Waals surface area contributed by atoms with E-state index in [1.807, 2.05) is 0 Å². The fraction of sp³-hybridized carbons (Fsp3) is 0.550. The maximum Gasteiger partial charge on any atom is 0.436 e. The van der Waals surface area contributed by atoms with Crippen LogP contribution < -0.4 is 11.1 Å². The molecule has 0 radical (unpaired) electrons. The number of amides is 2. The maximum atomic E-state index is 13.1. The quantitative estimate of drug-likeness (QED) is 0.599. The minimum atomic E-state index is -4.64.